The Morgan fingerprint density at radius 3 is 1.68 bits per heavy atom. The topological polar surface area (TPSA) is 115 Å². The molecule has 0 spiro atoms. The molecule has 0 bridgehead atoms. The monoisotopic (exact) mass is 378 g/mol. The summed E-state index contributed by atoms with van der Waals surface area (Å²) >= 11 is 0. The average Bonchev–Trinajstić information content (AvgIpc) is 2.66. The Morgan fingerprint density at radius 2 is 1.18 bits per heavy atom. The summed E-state index contributed by atoms with van der Waals surface area (Å²) in [7, 11) is 0. The Kier molecular flexibility index (Phi) is 5.04. The van der Waals surface area contributed by atoms with Gasteiger partial charge >= 0.3 is 11.9 Å². The first-order valence-electron chi connectivity index (χ1n) is 8.58. The van der Waals surface area contributed by atoms with Gasteiger partial charge in [0, 0.05) is 0 Å². The molecule has 3 rings (SSSR count). The summed E-state index contributed by atoms with van der Waals surface area (Å²) in [6.07, 6.45) is 0.684. The number of rotatable bonds is 5. The van der Waals surface area contributed by atoms with E-state index in [4.69, 9.17) is 10.2 Å². The molecule has 0 fully saturated rings. The highest BCUT2D eigenvalue weighted by atomic mass is 16.4. The summed E-state index contributed by atoms with van der Waals surface area (Å²) in [6, 6.07) is 14.4. The van der Waals surface area contributed by atoms with Crippen molar-refractivity contribution < 1.29 is 30.0 Å². The smallest absolute Gasteiger partial charge is 0.339 e. The molecule has 0 radical (unpaired) electrons. The van der Waals surface area contributed by atoms with Crippen LogP contribution in [0.5, 0.6) is 11.5 Å². The lowest BCUT2D eigenvalue weighted by molar-refractivity contribution is 0.0682. The van der Waals surface area contributed by atoms with Gasteiger partial charge in [0.05, 0.1) is 0 Å². The highest BCUT2D eigenvalue weighted by Gasteiger charge is 2.14. The van der Waals surface area contributed by atoms with Gasteiger partial charge in [-0.05, 0) is 58.5 Å². The molecule has 0 aliphatic heterocycles. The van der Waals surface area contributed by atoms with Crippen LogP contribution < -0.4 is 0 Å². The second-order valence-electron chi connectivity index (χ2n) is 6.30. The quantitative estimate of drug-likeness (QED) is 0.523. The summed E-state index contributed by atoms with van der Waals surface area (Å²) < 4.78 is 0. The molecular formula is C22H18O6. The van der Waals surface area contributed by atoms with Crippen molar-refractivity contribution in [1.82, 2.24) is 0 Å². The van der Waals surface area contributed by atoms with Gasteiger partial charge in [-0.15, -0.1) is 0 Å². The van der Waals surface area contributed by atoms with E-state index in [1.54, 1.807) is 12.1 Å². The molecule has 4 N–H and O–H groups in total. The van der Waals surface area contributed by atoms with Crippen molar-refractivity contribution in [2.75, 3.05) is 0 Å². The zero-order chi connectivity index (χ0) is 20.4. The van der Waals surface area contributed by atoms with E-state index in [9.17, 15) is 19.8 Å². The van der Waals surface area contributed by atoms with Crippen LogP contribution in [0.15, 0.2) is 54.6 Å². The fourth-order valence-corrected chi connectivity index (χ4v) is 3.12. The number of benzene rings is 3. The number of aromatic carboxylic acids is 2. The SMILES string of the molecule is CCc1cc(-c2ccc(C(=O)O)c(O)c2)ccc1-c1ccc(C(=O)O)c(O)c1. The third-order valence-electron chi connectivity index (χ3n) is 4.59. The lowest BCUT2D eigenvalue weighted by Crippen LogP contribution is -1.97. The van der Waals surface area contributed by atoms with E-state index in [-0.39, 0.29) is 22.6 Å². The molecule has 3 aromatic rings. The Balaban J connectivity index is 2.04. The molecule has 6 heteroatoms. The van der Waals surface area contributed by atoms with Crippen LogP contribution in [0.1, 0.15) is 33.2 Å². The maximum Gasteiger partial charge on any atom is 0.339 e. The average molecular weight is 378 g/mol. The van der Waals surface area contributed by atoms with Crippen molar-refractivity contribution >= 4 is 11.9 Å². The Bertz CT molecular complexity index is 1080. The lowest BCUT2D eigenvalue weighted by atomic mass is 9.92. The number of carboxylic acids is 2. The zero-order valence-electron chi connectivity index (χ0n) is 15.0. The molecular weight excluding hydrogens is 360 g/mol. The van der Waals surface area contributed by atoms with Gasteiger partial charge in [-0.1, -0.05) is 37.3 Å². The Morgan fingerprint density at radius 1 is 0.714 bits per heavy atom. The zero-order valence-corrected chi connectivity index (χ0v) is 15.0. The molecule has 0 aromatic heterocycles. The predicted octanol–water partition coefficient (Wildman–Crippen LogP) is 4.39. The van der Waals surface area contributed by atoms with Crippen LogP contribution in [0, 0.1) is 0 Å². The molecule has 0 saturated carbocycles. The van der Waals surface area contributed by atoms with E-state index in [2.05, 4.69) is 0 Å². The highest BCUT2D eigenvalue weighted by molar-refractivity contribution is 5.93. The number of aryl methyl sites for hydroxylation is 1. The van der Waals surface area contributed by atoms with Gasteiger partial charge in [0.25, 0.3) is 0 Å². The maximum atomic E-state index is 11.1. The first kappa shape index (κ1) is 19.0. The first-order chi connectivity index (χ1) is 13.3. The fraction of sp³-hybridized carbons (Fsp3) is 0.0909. The van der Waals surface area contributed by atoms with Gasteiger partial charge in [0.1, 0.15) is 22.6 Å². The summed E-state index contributed by atoms with van der Waals surface area (Å²) in [5.41, 5.74) is 3.66. The minimum atomic E-state index is -1.20. The van der Waals surface area contributed by atoms with Crippen molar-refractivity contribution in [3.63, 3.8) is 0 Å². The van der Waals surface area contributed by atoms with Crippen LogP contribution in [-0.2, 0) is 6.42 Å². The van der Waals surface area contributed by atoms with Gasteiger partial charge in [-0.2, -0.15) is 0 Å². The molecule has 0 atom stereocenters. The van der Waals surface area contributed by atoms with Crippen LogP contribution in [0.2, 0.25) is 0 Å². The summed E-state index contributed by atoms with van der Waals surface area (Å²) in [5.74, 6) is -3.00. The third-order valence-corrected chi connectivity index (χ3v) is 4.59. The van der Waals surface area contributed by atoms with Crippen LogP contribution in [0.4, 0.5) is 0 Å². The standard InChI is InChI=1S/C22H18O6/c1-2-12-9-13(14-4-7-17(21(25)26)19(23)10-14)3-6-16(12)15-5-8-18(22(27)28)20(24)11-15/h3-11,23-24H,2H2,1H3,(H,25,26)(H,27,28). The van der Waals surface area contributed by atoms with Crippen molar-refractivity contribution in [2.45, 2.75) is 13.3 Å². The van der Waals surface area contributed by atoms with Gasteiger partial charge in [-0.25, -0.2) is 9.59 Å². The molecule has 0 amide bonds. The van der Waals surface area contributed by atoms with Crippen LogP contribution in [0.25, 0.3) is 22.3 Å². The van der Waals surface area contributed by atoms with Gasteiger partial charge in [0.15, 0.2) is 0 Å². The second kappa shape index (κ2) is 7.44. The highest BCUT2D eigenvalue weighted by Crippen LogP contribution is 2.33. The lowest BCUT2D eigenvalue weighted by Gasteiger charge is -2.13. The maximum absolute atomic E-state index is 11.1. The molecule has 28 heavy (non-hydrogen) atoms. The molecule has 0 heterocycles. The van der Waals surface area contributed by atoms with Gasteiger partial charge < -0.3 is 20.4 Å². The largest absolute Gasteiger partial charge is 0.507 e. The van der Waals surface area contributed by atoms with E-state index in [1.807, 2.05) is 25.1 Å². The Labute approximate surface area is 161 Å². The van der Waals surface area contributed by atoms with E-state index in [0.29, 0.717) is 17.5 Å². The Hall–Kier alpha value is -3.80. The molecule has 3 aromatic carbocycles. The van der Waals surface area contributed by atoms with Crippen molar-refractivity contribution in [3.8, 4) is 33.8 Å². The second-order valence-corrected chi connectivity index (χ2v) is 6.30. The fourth-order valence-electron chi connectivity index (χ4n) is 3.12. The number of phenols is 2. The van der Waals surface area contributed by atoms with Crippen molar-refractivity contribution in [2.24, 2.45) is 0 Å². The van der Waals surface area contributed by atoms with Gasteiger partial charge in [0.2, 0.25) is 0 Å². The van der Waals surface area contributed by atoms with Gasteiger partial charge in [-0.3, -0.25) is 0 Å². The summed E-state index contributed by atoms with van der Waals surface area (Å²) in [5, 5.41) is 38.0. The molecule has 142 valence electrons. The van der Waals surface area contributed by atoms with Crippen molar-refractivity contribution in [3.05, 3.63) is 71.3 Å². The van der Waals surface area contributed by atoms with E-state index < -0.39 is 11.9 Å². The number of aromatic hydroxyl groups is 2. The number of hydrogen-bond acceptors (Lipinski definition) is 4. The molecule has 6 nitrogen and oxygen atoms in total. The summed E-state index contributed by atoms with van der Waals surface area (Å²) in [4.78, 5) is 22.1. The predicted molar refractivity (Wildman–Crippen MR) is 104 cm³/mol. The van der Waals surface area contributed by atoms with Crippen LogP contribution in [-0.4, -0.2) is 32.4 Å². The van der Waals surface area contributed by atoms with E-state index >= 15 is 0 Å². The number of carboxylic acid groups (broad SMARTS) is 2. The van der Waals surface area contributed by atoms with E-state index in [0.717, 1.165) is 16.7 Å². The third kappa shape index (κ3) is 3.53. The van der Waals surface area contributed by atoms with Crippen LogP contribution >= 0.6 is 0 Å². The molecule has 0 aliphatic carbocycles. The normalized spacial score (nSPS) is 10.6. The summed E-state index contributed by atoms with van der Waals surface area (Å²) in [6.45, 7) is 1.97. The molecule has 0 unspecified atom stereocenters. The number of carbonyl (C=O) groups is 2. The van der Waals surface area contributed by atoms with E-state index in [1.165, 1.54) is 24.3 Å². The van der Waals surface area contributed by atoms with Crippen molar-refractivity contribution in [1.29, 1.82) is 0 Å². The minimum absolute atomic E-state index is 0.160. The minimum Gasteiger partial charge on any atom is -0.507 e. The molecule has 0 aliphatic rings. The first-order valence-corrected chi connectivity index (χ1v) is 8.58. The van der Waals surface area contributed by atoms with Crippen LogP contribution in [0.3, 0.4) is 0 Å². The number of hydrogen-bond donors (Lipinski definition) is 4. The molecule has 0 saturated heterocycles.